The van der Waals surface area contributed by atoms with E-state index in [0.717, 1.165) is 5.69 Å². The van der Waals surface area contributed by atoms with Gasteiger partial charge in [-0.2, -0.15) is 10.2 Å². The van der Waals surface area contributed by atoms with E-state index in [1.807, 2.05) is 6.92 Å². The van der Waals surface area contributed by atoms with E-state index in [-0.39, 0.29) is 12.2 Å². The molecule has 0 aromatic carbocycles. The van der Waals surface area contributed by atoms with Gasteiger partial charge in [0.1, 0.15) is 17.8 Å². The Balaban J connectivity index is 2.21. The smallest absolute Gasteiger partial charge is 0.188 e. The largest absolute Gasteiger partial charge is 0.292 e. The summed E-state index contributed by atoms with van der Waals surface area (Å²) in [7, 11) is 3.53. The molecule has 0 unspecified atom stereocenters. The van der Waals surface area contributed by atoms with Crippen molar-refractivity contribution in [2.75, 3.05) is 0 Å². The van der Waals surface area contributed by atoms with Crippen LogP contribution in [-0.4, -0.2) is 30.3 Å². The van der Waals surface area contributed by atoms with Crippen LogP contribution in [-0.2, 0) is 20.5 Å². The molecule has 0 aliphatic carbocycles. The number of rotatable bonds is 3. The van der Waals surface area contributed by atoms with Gasteiger partial charge in [-0.05, 0) is 13.0 Å². The molecule has 6 heteroatoms. The highest BCUT2D eigenvalue weighted by molar-refractivity contribution is 5.95. The first-order chi connectivity index (χ1) is 7.58. The first-order valence-electron chi connectivity index (χ1n) is 4.94. The van der Waals surface area contributed by atoms with Gasteiger partial charge >= 0.3 is 0 Å². The van der Waals surface area contributed by atoms with Gasteiger partial charge in [0.15, 0.2) is 5.78 Å². The summed E-state index contributed by atoms with van der Waals surface area (Å²) in [5.41, 5.74) is 1.43. The van der Waals surface area contributed by atoms with Crippen molar-refractivity contribution in [2.24, 2.45) is 14.1 Å². The van der Waals surface area contributed by atoms with Gasteiger partial charge in [0, 0.05) is 14.1 Å². The number of ketones is 1. The Bertz CT molecular complexity index is 525. The lowest BCUT2D eigenvalue weighted by molar-refractivity contribution is 0.0980. The molecule has 6 nitrogen and oxygen atoms in total. The molecular weight excluding hydrogens is 206 g/mol. The maximum absolute atomic E-state index is 12.0. The minimum Gasteiger partial charge on any atom is -0.292 e. The van der Waals surface area contributed by atoms with Crippen LogP contribution >= 0.6 is 0 Å². The average Bonchev–Trinajstić information content (AvgIpc) is 2.74. The number of carbonyl (C=O) groups excluding carboxylic acids is 1. The summed E-state index contributed by atoms with van der Waals surface area (Å²) in [4.78, 5) is 16.0. The quantitative estimate of drug-likeness (QED) is 0.695. The number of Topliss-reactive ketones (excluding diaryl/α,β-unsaturated/α-hetero) is 1. The van der Waals surface area contributed by atoms with Crippen LogP contribution in [0.25, 0.3) is 0 Å². The van der Waals surface area contributed by atoms with Gasteiger partial charge in [-0.1, -0.05) is 0 Å². The van der Waals surface area contributed by atoms with Gasteiger partial charge in [0.05, 0.1) is 12.1 Å². The fourth-order valence-corrected chi connectivity index (χ4v) is 1.59. The number of aryl methyl sites for hydroxylation is 3. The third-order valence-electron chi connectivity index (χ3n) is 2.41. The van der Waals surface area contributed by atoms with E-state index in [0.29, 0.717) is 11.5 Å². The van der Waals surface area contributed by atoms with E-state index in [1.54, 1.807) is 29.5 Å². The predicted octanol–water partition coefficient (Wildman–Crippen LogP) is 0.282. The highest BCUT2D eigenvalue weighted by Crippen LogP contribution is 2.06. The van der Waals surface area contributed by atoms with Crippen molar-refractivity contribution in [1.82, 2.24) is 24.5 Å². The van der Waals surface area contributed by atoms with E-state index in [9.17, 15) is 4.79 Å². The van der Waals surface area contributed by atoms with Crippen LogP contribution < -0.4 is 0 Å². The van der Waals surface area contributed by atoms with Crippen molar-refractivity contribution in [3.8, 4) is 0 Å². The van der Waals surface area contributed by atoms with Crippen molar-refractivity contribution < 1.29 is 4.79 Å². The van der Waals surface area contributed by atoms with Crippen LogP contribution in [0.2, 0.25) is 0 Å². The van der Waals surface area contributed by atoms with Crippen LogP contribution in [0.1, 0.15) is 22.0 Å². The Morgan fingerprint density at radius 2 is 2.12 bits per heavy atom. The lowest BCUT2D eigenvalue weighted by Crippen LogP contribution is -2.12. The molecule has 2 aromatic heterocycles. The van der Waals surface area contributed by atoms with Crippen molar-refractivity contribution in [3.05, 3.63) is 29.6 Å². The fraction of sp³-hybridized carbons (Fsp3) is 0.400. The number of hydrogen-bond acceptors (Lipinski definition) is 4. The summed E-state index contributed by atoms with van der Waals surface area (Å²) in [6, 6.07) is 1.78. The van der Waals surface area contributed by atoms with Crippen LogP contribution in [0, 0.1) is 6.92 Å². The van der Waals surface area contributed by atoms with Crippen molar-refractivity contribution in [3.63, 3.8) is 0 Å². The minimum absolute atomic E-state index is 0.000741. The topological polar surface area (TPSA) is 65.6 Å². The second-order valence-electron chi connectivity index (χ2n) is 3.69. The Labute approximate surface area is 92.9 Å². The molecule has 0 bridgehead atoms. The molecule has 0 saturated carbocycles. The average molecular weight is 219 g/mol. The number of carbonyl (C=O) groups is 1. The maximum Gasteiger partial charge on any atom is 0.188 e. The first-order valence-corrected chi connectivity index (χ1v) is 4.94. The maximum atomic E-state index is 12.0. The van der Waals surface area contributed by atoms with Crippen LogP contribution in [0.4, 0.5) is 0 Å². The summed E-state index contributed by atoms with van der Waals surface area (Å²) in [6.45, 7) is 1.86. The van der Waals surface area contributed by atoms with E-state index in [2.05, 4.69) is 15.2 Å². The van der Waals surface area contributed by atoms with E-state index in [4.69, 9.17) is 0 Å². The summed E-state index contributed by atoms with van der Waals surface area (Å²) < 4.78 is 3.19. The van der Waals surface area contributed by atoms with Crippen molar-refractivity contribution in [2.45, 2.75) is 13.3 Å². The number of aromatic nitrogens is 5. The first kappa shape index (κ1) is 10.5. The van der Waals surface area contributed by atoms with Gasteiger partial charge in [-0.25, -0.2) is 4.98 Å². The Hall–Kier alpha value is -1.98. The monoisotopic (exact) mass is 219 g/mol. The zero-order chi connectivity index (χ0) is 11.7. The van der Waals surface area contributed by atoms with Crippen LogP contribution in [0.5, 0.6) is 0 Å². The predicted molar refractivity (Wildman–Crippen MR) is 57.0 cm³/mol. The van der Waals surface area contributed by atoms with Gasteiger partial charge in [-0.3, -0.25) is 14.2 Å². The molecule has 16 heavy (non-hydrogen) atoms. The molecule has 2 rings (SSSR count). The molecule has 2 heterocycles. The highest BCUT2D eigenvalue weighted by atomic mass is 16.1. The molecular formula is C10H13N5O. The van der Waals surface area contributed by atoms with E-state index in [1.165, 1.54) is 6.33 Å². The third-order valence-corrected chi connectivity index (χ3v) is 2.41. The Morgan fingerprint density at radius 3 is 2.62 bits per heavy atom. The molecule has 0 amide bonds. The molecule has 0 N–H and O–H groups in total. The van der Waals surface area contributed by atoms with Crippen molar-refractivity contribution in [1.29, 1.82) is 0 Å². The lowest BCUT2D eigenvalue weighted by Gasteiger charge is -2.00. The zero-order valence-corrected chi connectivity index (χ0v) is 9.51. The molecule has 0 atom stereocenters. The van der Waals surface area contributed by atoms with Gasteiger partial charge in [0.2, 0.25) is 0 Å². The summed E-state index contributed by atoms with van der Waals surface area (Å²) in [5, 5.41) is 8.06. The zero-order valence-electron chi connectivity index (χ0n) is 9.51. The van der Waals surface area contributed by atoms with Gasteiger partial charge in [-0.15, -0.1) is 0 Å². The lowest BCUT2D eigenvalue weighted by atomic mass is 10.2. The summed E-state index contributed by atoms with van der Waals surface area (Å²) in [5.74, 6) is 0.656. The molecule has 0 radical (unpaired) electrons. The normalized spacial score (nSPS) is 10.7. The minimum atomic E-state index is -0.000741. The van der Waals surface area contributed by atoms with Crippen LogP contribution in [0.15, 0.2) is 12.4 Å². The Morgan fingerprint density at radius 1 is 1.38 bits per heavy atom. The number of nitrogens with zero attached hydrogens (tertiary/aromatic N) is 5. The molecule has 2 aromatic rings. The molecule has 0 aliphatic heterocycles. The molecule has 0 aliphatic rings. The SMILES string of the molecule is Cc1cc(C(=O)Cc2ncnn2C)n(C)n1. The molecule has 84 valence electrons. The van der Waals surface area contributed by atoms with Crippen molar-refractivity contribution >= 4 is 5.78 Å². The molecule has 0 fully saturated rings. The second-order valence-corrected chi connectivity index (χ2v) is 3.69. The molecule has 0 saturated heterocycles. The summed E-state index contributed by atoms with van der Waals surface area (Å²) in [6.07, 6.45) is 1.69. The standard InChI is InChI=1S/C10H13N5O/c1-7-4-8(14(2)13-7)9(16)5-10-11-6-12-15(10)3/h4,6H,5H2,1-3H3. The highest BCUT2D eigenvalue weighted by Gasteiger charge is 2.14. The second kappa shape index (κ2) is 3.88. The number of hydrogen-bond donors (Lipinski definition) is 0. The van der Waals surface area contributed by atoms with E-state index >= 15 is 0 Å². The Kier molecular flexibility index (Phi) is 2.55. The fourth-order valence-electron chi connectivity index (χ4n) is 1.59. The third kappa shape index (κ3) is 1.86. The summed E-state index contributed by atoms with van der Waals surface area (Å²) >= 11 is 0. The molecule has 0 spiro atoms. The van der Waals surface area contributed by atoms with Gasteiger partial charge < -0.3 is 0 Å². The van der Waals surface area contributed by atoms with E-state index < -0.39 is 0 Å². The van der Waals surface area contributed by atoms with Crippen LogP contribution in [0.3, 0.4) is 0 Å². The van der Waals surface area contributed by atoms with Gasteiger partial charge in [0.25, 0.3) is 0 Å².